The lowest BCUT2D eigenvalue weighted by Gasteiger charge is -2.16. The van der Waals surface area contributed by atoms with Gasteiger partial charge in [-0.3, -0.25) is 34.3 Å². The average molecular weight is 485 g/mol. The first-order valence-corrected chi connectivity index (χ1v) is 12.3. The van der Waals surface area contributed by atoms with Crippen LogP contribution in [-0.4, -0.2) is 70.4 Å². The molecule has 0 aromatic carbocycles. The zero-order valence-electron chi connectivity index (χ0n) is 19.2. The van der Waals surface area contributed by atoms with Crippen molar-refractivity contribution in [3.05, 3.63) is 0 Å². The number of thioether (sulfide) groups is 1. The van der Waals surface area contributed by atoms with Gasteiger partial charge in [0.05, 0.1) is 11.1 Å². The minimum Gasteiger partial charge on any atom is -0.388 e. The third-order valence-corrected chi connectivity index (χ3v) is 6.37. The predicted molar refractivity (Wildman–Crippen MR) is 126 cm³/mol. The SMILES string of the molecule is CCCC(=O)NC(CCCCNC(=O)CCN1C(=O)CC(SCCCC(=N)N)C1=O)C(N)=O. The highest BCUT2D eigenvalue weighted by Crippen LogP contribution is 2.26. The van der Waals surface area contributed by atoms with E-state index in [-0.39, 0.29) is 48.9 Å². The summed E-state index contributed by atoms with van der Waals surface area (Å²) >= 11 is 1.38. The van der Waals surface area contributed by atoms with Gasteiger partial charge in [0.2, 0.25) is 29.5 Å². The van der Waals surface area contributed by atoms with Crippen LogP contribution in [0.25, 0.3) is 0 Å². The molecule has 12 heteroatoms. The van der Waals surface area contributed by atoms with E-state index in [4.69, 9.17) is 16.9 Å². The molecule has 1 fully saturated rings. The number of primary amides is 1. The molecule has 0 bridgehead atoms. The molecule has 0 radical (unpaired) electrons. The molecular weight excluding hydrogens is 448 g/mol. The molecule has 33 heavy (non-hydrogen) atoms. The molecule has 5 amide bonds. The fourth-order valence-corrected chi connectivity index (χ4v) is 4.41. The van der Waals surface area contributed by atoms with Gasteiger partial charge in [0.15, 0.2) is 0 Å². The van der Waals surface area contributed by atoms with E-state index < -0.39 is 17.2 Å². The molecule has 2 unspecified atom stereocenters. The van der Waals surface area contributed by atoms with Gasteiger partial charge in [0, 0.05) is 38.8 Å². The van der Waals surface area contributed by atoms with Crippen LogP contribution < -0.4 is 22.1 Å². The second-order valence-electron chi connectivity index (χ2n) is 7.94. The van der Waals surface area contributed by atoms with Crippen molar-refractivity contribution in [2.75, 3.05) is 18.8 Å². The van der Waals surface area contributed by atoms with Crippen molar-refractivity contribution in [2.24, 2.45) is 11.5 Å². The maximum Gasteiger partial charge on any atom is 0.242 e. The van der Waals surface area contributed by atoms with Crippen LogP contribution in [0.3, 0.4) is 0 Å². The molecule has 186 valence electrons. The molecule has 0 saturated carbocycles. The van der Waals surface area contributed by atoms with Crippen LogP contribution in [-0.2, 0) is 24.0 Å². The number of amidine groups is 1. The lowest BCUT2D eigenvalue weighted by molar-refractivity contribution is -0.138. The Morgan fingerprint density at radius 1 is 1.12 bits per heavy atom. The number of nitrogens with one attached hydrogen (secondary N) is 3. The Kier molecular flexibility index (Phi) is 13.1. The van der Waals surface area contributed by atoms with Crippen LogP contribution in [0.2, 0.25) is 0 Å². The summed E-state index contributed by atoms with van der Waals surface area (Å²) in [7, 11) is 0. The molecule has 0 aromatic rings. The Hall–Kier alpha value is -2.63. The molecule has 1 rings (SSSR count). The molecule has 1 saturated heterocycles. The molecule has 0 spiro atoms. The van der Waals surface area contributed by atoms with E-state index in [2.05, 4.69) is 10.6 Å². The Balaban J connectivity index is 2.25. The minimum absolute atomic E-state index is 0.0240. The number of nitrogens with zero attached hydrogens (tertiary/aromatic N) is 1. The Labute approximate surface area is 198 Å². The molecular formula is C21H36N6O5S. The van der Waals surface area contributed by atoms with Gasteiger partial charge in [0.1, 0.15) is 6.04 Å². The van der Waals surface area contributed by atoms with Gasteiger partial charge in [-0.2, -0.15) is 0 Å². The summed E-state index contributed by atoms with van der Waals surface area (Å²) in [6.45, 7) is 2.29. The largest absolute Gasteiger partial charge is 0.388 e. The zero-order valence-corrected chi connectivity index (χ0v) is 20.0. The number of imide groups is 1. The van der Waals surface area contributed by atoms with Gasteiger partial charge in [0.25, 0.3) is 0 Å². The zero-order chi connectivity index (χ0) is 24.8. The minimum atomic E-state index is -0.722. The maximum absolute atomic E-state index is 12.4. The van der Waals surface area contributed by atoms with Crippen LogP contribution >= 0.6 is 11.8 Å². The normalized spacial score (nSPS) is 16.5. The number of nitrogens with two attached hydrogens (primary N) is 2. The second-order valence-corrected chi connectivity index (χ2v) is 9.25. The van der Waals surface area contributed by atoms with E-state index >= 15 is 0 Å². The highest BCUT2D eigenvalue weighted by molar-refractivity contribution is 8.00. The first kappa shape index (κ1) is 28.4. The van der Waals surface area contributed by atoms with Gasteiger partial charge in [-0.25, -0.2) is 0 Å². The monoisotopic (exact) mass is 484 g/mol. The molecule has 2 atom stereocenters. The van der Waals surface area contributed by atoms with Gasteiger partial charge in [-0.15, -0.1) is 11.8 Å². The van der Waals surface area contributed by atoms with Gasteiger partial charge in [-0.05, 0) is 37.9 Å². The smallest absolute Gasteiger partial charge is 0.242 e. The van der Waals surface area contributed by atoms with E-state index in [0.717, 1.165) is 4.90 Å². The summed E-state index contributed by atoms with van der Waals surface area (Å²) in [4.78, 5) is 60.8. The highest BCUT2D eigenvalue weighted by atomic mass is 32.2. The molecule has 1 aliphatic heterocycles. The standard InChI is InChI=1S/C21H36N6O5S/c1-2-6-18(29)26-14(20(24)31)7-3-4-10-25-17(28)9-11-27-19(30)13-15(21(27)32)33-12-5-8-16(22)23/h14-15H,2-13H2,1H3,(H3,22,23)(H2,24,31)(H,25,28)(H,26,29). The summed E-state index contributed by atoms with van der Waals surface area (Å²) < 4.78 is 0. The van der Waals surface area contributed by atoms with Crippen LogP contribution in [0.1, 0.15) is 64.7 Å². The van der Waals surface area contributed by atoms with Crippen molar-refractivity contribution in [3.8, 4) is 0 Å². The van der Waals surface area contributed by atoms with Crippen molar-refractivity contribution < 1.29 is 24.0 Å². The Morgan fingerprint density at radius 3 is 2.48 bits per heavy atom. The fourth-order valence-electron chi connectivity index (χ4n) is 3.29. The first-order valence-electron chi connectivity index (χ1n) is 11.3. The average Bonchev–Trinajstić information content (AvgIpc) is 3.01. The van der Waals surface area contributed by atoms with Crippen molar-refractivity contribution >= 4 is 47.1 Å². The Bertz CT molecular complexity index is 732. The van der Waals surface area contributed by atoms with Crippen LogP contribution in [0, 0.1) is 5.41 Å². The van der Waals surface area contributed by atoms with E-state index in [0.29, 0.717) is 57.2 Å². The fraction of sp³-hybridized carbons (Fsp3) is 0.714. The predicted octanol–water partition coefficient (Wildman–Crippen LogP) is 0.0101. The van der Waals surface area contributed by atoms with Gasteiger partial charge < -0.3 is 22.1 Å². The summed E-state index contributed by atoms with van der Waals surface area (Å²) in [5.41, 5.74) is 10.6. The number of carbonyl (C=O) groups is 5. The summed E-state index contributed by atoms with van der Waals surface area (Å²) in [6.07, 6.45) is 3.87. The molecule has 0 aromatic heterocycles. The summed E-state index contributed by atoms with van der Waals surface area (Å²) in [6, 6.07) is -0.722. The first-order chi connectivity index (χ1) is 15.6. The number of likely N-dealkylation sites (tertiary alicyclic amines) is 1. The van der Waals surface area contributed by atoms with Gasteiger partial charge in [-0.1, -0.05) is 6.92 Å². The lowest BCUT2D eigenvalue weighted by Crippen LogP contribution is -2.44. The van der Waals surface area contributed by atoms with Crippen LogP contribution in [0.5, 0.6) is 0 Å². The van der Waals surface area contributed by atoms with Crippen molar-refractivity contribution in [2.45, 2.75) is 76.0 Å². The third-order valence-electron chi connectivity index (χ3n) is 5.07. The van der Waals surface area contributed by atoms with Crippen molar-refractivity contribution in [1.29, 1.82) is 5.41 Å². The number of hydrogen-bond donors (Lipinski definition) is 5. The number of hydrogen-bond acceptors (Lipinski definition) is 7. The number of amides is 5. The topological polar surface area (TPSA) is 189 Å². The molecule has 1 aliphatic rings. The maximum atomic E-state index is 12.4. The molecule has 7 N–H and O–H groups in total. The third kappa shape index (κ3) is 11.2. The Morgan fingerprint density at radius 2 is 1.85 bits per heavy atom. The summed E-state index contributed by atoms with van der Waals surface area (Å²) in [5, 5.41) is 12.1. The van der Waals surface area contributed by atoms with Crippen LogP contribution in [0.15, 0.2) is 0 Å². The van der Waals surface area contributed by atoms with Gasteiger partial charge >= 0.3 is 0 Å². The number of unbranched alkanes of at least 4 members (excludes halogenated alkanes) is 1. The van der Waals surface area contributed by atoms with E-state index in [1.165, 1.54) is 11.8 Å². The quantitative estimate of drug-likeness (QED) is 0.0831. The highest BCUT2D eigenvalue weighted by Gasteiger charge is 2.38. The van der Waals surface area contributed by atoms with Crippen molar-refractivity contribution in [1.82, 2.24) is 15.5 Å². The van der Waals surface area contributed by atoms with E-state index in [9.17, 15) is 24.0 Å². The number of rotatable bonds is 17. The van der Waals surface area contributed by atoms with E-state index in [1.807, 2.05) is 6.92 Å². The van der Waals surface area contributed by atoms with E-state index in [1.54, 1.807) is 0 Å². The summed E-state index contributed by atoms with van der Waals surface area (Å²) in [5.74, 6) is -0.880. The second kappa shape index (κ2) is 15.3. The molecule has 11 nitrogen and oxygen atoms in total. The lowest BCUT2D eigenvalue weighted by atomic mass is 10.1. The molecule has 1 heterocycles. The molecule has 0 aliphatic carbocycles. The number of carbonyl (C=O) groups excluding carboxylic acids is 5. The van der Waals surface area contributed by atoms with Crippen LogP contribution in [0.4, 0.5) is 0 Å². The van der Waals surface area contributed by atoms with Crippen molar-refractivity contribution in [3.63, 3.8) is 0 Å².